The summed E-state index contributed by atoms with van der Waals surface area (Å²) in [4.78, 5) is 16.7. The van der Waals surface area contributed by atoms with E-state index in [4.69, 9.17) is 4.84 Å². The summed E-state index contributed by atoms with van der Waals surface area (Å²) in [7, 11) is 0. The van der Waals surface area contributed by atoms with Gasteiger partial charge >= 0.3 is 0 Å². The number of carbonyl (C=O) groups excluding carboxylic acids is 1. The molecule has 0 aromatic heterocycles. The van der Waals surface area contributed by atoms with Crippen molar-refractivity contribution in [2.24, 2.45) is 0 Å². The molecule has 0 fully saturated rings. The molecule has 0 bridgehead atoms. The average molecular weight is 332 g/mol. The zero-order valence-electron chi connectivity index (χ0n) is 12.8. The van der Waals surface area contributed by atoms with Gasteiger partial charge in [-0.15, -0.1) is 0 Å². The molecule has 0 aliphatic heterocycles. The summed E-state index contributed by atoms with van der Waals surface area (Å²) < 4.78 is 22.8. The van der Waals surface area contributed by atoms with Crippen molar-refractivity contribution in [1.29, 1.82) is 0 Å². The van der Waals surface area contributed by atoms with Crippen LogP contribution >= 0.6 is 0 Å². The average Bonchev–Trinajstić information content (AvgIpc) is 2.59. The van der Waals surface area contributed by atoms with E-state index < -0.39 is 11.1 Å². The van der Waals surface area contributed by atoms with Crippen molar-refractivity contribution in [3.8, 4) is 11.1 Å². The minimum absolute atomic E-state index is 0.0216. The van der Waals surface area contributed by atoms with E-state index >= 15 is 0 Å². The summed E-state index contributed by atoms with van der Waals surface area (Å²) in [5.41, 5.74) is 1.95. The van der Waals surface area contributed by atoms with E-state index in [1.54, 1.807) is 12.1 Å². The highest BCUT2D eigenvalue weighted by molar-refractivity contribution is 7.79. The van der Waals surface area contributed by atoms with E-state index in [-0.39, 0.29) is 10.6 Å². The lowest BCUT2D eigenvalue weighted by atomic mass is 10.1. The zero-order chi connectivity index (χ0) is 16.7. The number of hydrogen-bond acceptors (Lipinski definition) is 4. The van der Waals surface area contributed by atoms with Crippen LogP contribution in [0.3, 0.4) is 0 Å². The van der Waals surface area contributed by atoms with E-state index in [1.165, 1.54) is 6.07 Å². The Hall–Kier alpha value is -2.02. The predicted octanol–water partition coefficient (Wildman–Crippen LogP) is 3.29. The number of nitrogens with zero attached hydrogens (tertiary/aromatic N) is 1. The third-order valence-electron chi connectivity index (χ3n) is 3.31. The lowest BCUT2D eigenvalue weighted by Gasteiger charge is -2.22. The molecule has 2 aromatic carbocycles. The minimum atomic E-state index is -2.47. The van der Waals surface area contributed by atoms with E-state index in [1.807, 2.05) is 37.3 Å². The van der Waals surface area contributed by atoms with E-state index in [9.17, 15) is 13.6 Å². The molecule has 0 saturated carbocycles. The van der Waals surface area contributed by atoms with Gasteiger partial charge in [-0.1, -0.05) is 49.7 Å². The van der Waals surface area contributed by atoms with Crippen LogP contribution in [0.15, 0.2) is 53.4 Å². The van der Waals surface area contributed by atoms with Crippen LogP contribution in [-0.4, -0.2) is 21.8 Å². The van der Waals surface area contributed by atoms with Crippen molar-refractivity contribution >= 4 is 23.2 Å². The van der Waals surface area contributed by atoms with Gasteiger partial charge in [-0.2, -0.15) is 5.06 Å². The second kappa shape index (κ2) is 8.57. The van der Waals surface area contributed by atoms with Crippen molar-refractivity contribution in [2.45, 2.75) is 24.7 Å². The fourth-order valence-corrected chi connectivity index (χ4v) is 2.60. The van der Waals surface area contributed by atoms with Crippen LogP contribution in [-0.2, 0) is 20.7 Å². The highest BCUT2D eigenvalue weighted by Gasteiger charge is 2.14. The second-order valence-corrected chi connectivity index (χ2v) is 5.81. The molecule has 0 heterocycles. The van der Waals surface area contributed by atoms with Crippen molar-refractivity contribution < 1.29 is 18.4 Å². The molecule has 2 rings (SSSR count). The Bertz CT molecular complexity index is 676. The Morgan fingerprint density at radius 3 is 2.52 bits per heavy atom. The molecule has 0 aliphatic rings. The monoisotopic (exact) mass is 332 g/mol. The van der Waals surface area contributed by atoms with Gasteiger partial charge in [0.15, 0.2) is 0 Å². The van der Waals surface area contributed by atoms with Gasteiger partial charge in [-0.25, -0.2) is 0 Å². The van der Waals surface area contributed by atoms with Gasteiger partial charge in [0.1, 0.15) is 0 Å². The summed E-state index contributed by atoms with van der Waals surface area (Å²) in [6.45, 7) is 2.35. The number of amides is 1. The zero-order valence-corrected chi connectivity index (χ0v) is 13.6. The molecule has 0 saturated heterocycles. The third-order valence-corrected chi connectivity index (χ3v) is 4.01. The topological polar surface area (TPSA) is 69.7 Å². The van der Waals surface area contributed by atoms with Gasteiger partial charge in [-0.05, 0) is 40.8 Å². The predicted molar refractivity (Wildman–Crippen MR) is 88.5 cm³/mol. The summed E-state index contributed by atoms with van der Waals surface area (Å²) in [5.74, 6) is 0. The van der Waals surface area contributed by atoms with Crippen molar-refractivity contribution in [2.75, 3.05) is 11.7 Å². The van der Waals surface area contributed by atoms with Crippen LogP contribution in [0.4, 0.5) is 5.69 Å². The first-order valence-electron chi connectivity index (χ1n) is 7.33. The van der Waals surface area contributed by atoms with E-state index in [0.717, 1.165) is 29.0 Å². The van der Waals surface area contributed by atoms with Crippen molar-refractivity contribution in [1.82, 2.24) is 0 Å². The molecule has 0 radical (unpaired) electrons. The third kappa shape index (κ3) is 4.48. The molecule has 122 valence electrons. The SMILES string of the molecule is CCCCON(C=O)c1cc(-c2ccccc2)ccc1S(=O)[O-]. The van der Waals surface area contributed by atoms with Crippen LogP contribution in [0.1, 0.15) is 19.8 Å². The molecule has 1 amide bonds. The first-order valence-corrected chi connectivity index (χ1v) is 8.41. The van der Waals surface area contributed by atoms with Gasteiger partial charge in [0, 0.05) is 0 Å². The standard InChI is InChI=1S/C17H19NO4S/c1-2-3-11-22-18(13-19)16-12-15(9-10-17(16)23(20)21)14-7-5-4-6-8-14/h4-10,12-13H,2-3,11H2,1H3,(H,20,21)/p-1. The van der Waals surface area contributed by atoms with Gasteiger partial charge in [0.25, 0.3) is 0 Å². The van der Waals surface area contributed by atoms with Crippen LogP contribution in [0, 0.1) is 0 Å². The fraction of sp³-hybridized carbons (Fsp3) is 0.235. The summed E-state index contributed by atoms with van der Waals surface area (Å²) in [6, 6.07) is 14.3. The van der Waals surface area contributed by atoms with Gasteiger partial charge < -0.3 is 4.55 Å². The Kier molecular flexibility index (Phi) is 6.46. The first-order chi connectivity index (χ1) is 11.2. The fourth-order valence-electron chi connectivity index (χ4n) is 2.10. The molecule has 0 aliphatic carbocycles. The minimum Gasteiger partial charge on any atom is -0.768 e. The van der Waals surface area contributed by atoms with Crippen LogP contribution in [0.2, 0.25) is 0 Å². The number of carbonyl (C=O) groups is 1. The highest BCUT2D eigenvalue weighted by Crippen LogP contribution is 2.29. The maximum absolute atomic E-state index is 11.4. The molecule has 5 nitrogen and oxygen atoms in total. The number of hydroxylamine groups is 1. The van der Waals surface area contributed by atoms with E-state index in [0.29, 0.717) is 13.0 Å². The lowest BCUT2D eigenvalue weighted by molar-refractivity contribution is -0.114. The normalized spacial score (nSPS) is 11.9. The molecule has 23 heavy (non-hydrogen) atoms. The van der Waals surface area contributed by atoms with Crippen molar-refractivity contribution in [3.05, 3.63) is 48.5 Å². The Morgan fingerprint density at radius 1 is 1.17 bits per heavy atom. The van der Waals surface area contributed by atoms with Gasteiger partial charge in [-0.3, -0.25) is 13.8 Å². The molecule has 0 N–H and O–H groups in total. The summed E-state index contributed by atoms with van der Waals surface area (Å²) in [6.07, 6.45) is 2.17. The van der Waals surface area contributed by atoms with E-state index in [2.05, 4.69) is 0 Å². The Balaban J connectivity index is 2.41. The Morgan fingerprint density at radius 2 is 1.91 bits per heavy atom. The molecular formula is C17H18NO4S-. The molecule has 2 aromatic rings. The largest absolute Gasteiger partial charge is 0.768 e. The number of anilines is 1. The van der Waals surface area contributed by atoms with Crippen LogP contribution < -0.4 is 5.06 Å². The lowest BCUT2D eigenvalue weighted by Crippen LogP contribution is -2.23. The van der Waals surface area contributed by atoms with Gasteiger partial charge in [0.2, 0.25) is 6.41 Å². The van der Waals surface area contributed by atoms with Crippen LogP contribution in [0.25, 0.3) is 11.1 Å². The Labute approximate surface area is 138 Å². The highest BCUT2D eigenvalue weighted by atomic mass is 32.2. The molecule has 1 atom stereocenters. The number of benzene rings is 2. The molecule has 6 heteroatoms. The molecule has 1 unspecified atom stereocenters. The number of hydrogen-bond donors (Lipinski definition) is 0. The van der Waals surface area contributed by atoms with Gasteiger partial charge in [0.05, 0.1) is 17.2 Å². The molecule has 0 spiro atoms. The smallest absolute Gasteiger partial charge is 0.238 e. The maximum atomic E-state index is 11.4. The number of unbranched alkanes of at least 4 members (excludes halogenated alkanes) is 1. The second-order valence-electron chi connectivity index (χ2n) is 4.90. The summed E-state index contributed by atoms with van der Waals surface area (Å²) in [5, 5.41) is 0.979. The maximum Gasteiger partial charge on any atom is 0.238 e. The first kappa shape index (κ1) is 17.3. The molecular weight excluding hydrogens is 314 g/mol. The quantitative estimate of drug-likeness (QED) is 0.322. The van der Waals surface area contributed by atoms with Crippen molar-refractivity contribution in [3.63, 3.8) is 0 Å². The van der Waals surface area contributed by atoms with Crippen LogP contribution in [0.5, 0.6) is 0 Å². The summed E-state index contributed by atoms with van der Waals surface area (Å²) >= 11 is -2.47. The number of rotatable bonds is 8.